The van der Waals surface area contributed by atoms with Crippen LogP contribution in [0.2, 0.25) is 0 Å². The van der Waals surface area contributed by atoms with E-state index in [-0.39, 0.29) is 0 Å². The van der Waals surface area contributed by atoms with Crippen molar-refractivity contribution in [2.75, 3.05) is 0 Å². The van der Waals surface area contributed by atoms with Gasteiger partial charge in [0.05, 0.1) is 6.04 Å². The molecule has 0 saturated carbocycles. The lowest BCUT2D eigenvalue weighted by Crippen LogP contribution is -2.40. The number of carbonyl (C=O) groups excluding carboxylic acids is 2. The molecule has 4 heteroatoms. The monoisotopic (exact) mass is 214 g/mol. The molecule has 1 N–H and O–H groups in total. The van der Waals surface area contributed by atoms with Gasteiger partial charge in [0, 0.05) is 0 Å². The molecular formula is C11H20NO3. The molecule has 0 saturated heterocycles. The van der Waals surface area contributed by atoms with Crippen molar-refractivity contribution < 1.29 is 14.3 Å². The van der Waals surface area contributed by atoms with Crippen molar-refractivity contribution in [3.63, 3.8) is 0 Å². The lowest BCUT2D eigenvalue weighted by atomic mass is 10.1. The predicted octanol–water partition coefficient (Wildman–Crippen LogP) is 2.04. The molecule has 0 bridgehead atoms. The quantitative estimate of drug-likeness (QED) is 0.779. The Bertz CT molecular complexity index is 218. The van der Waals surface area contributed by atoms with Crippen molar-refractivity contribution in [3.05, 3.63) is 0 Å². The Hall–Kier alpha value is -1.06. The Morgan fingerprint density at radius 2 is 1.93 bits per heavy atom. The molecule has 1 atom stereocenters. The van der Waals surface area contributed by atoms with Crippen LogP contribution in [0.15, 0.2) is 0 Å². The molecule has 0 aromatic rings. The van der Waals surface area contributed by atoms with Crippen LogP contribution in [0, 0.1) is 5.92 Å². The van der Waals surface area contributed by atoms with Crippen LogP contribution in [0.1, 0.15) is 41.0 Å². The standard InChI is InChI=1S/C11H20NO3/c1-8(2)6-9(7-13)12-10(14)15-11(3,4)5/h8-9H,6H2,1-5H3,(H,12,14). The second-order valence-electron chi connectivity index (χ2n) is 4.95. The molecule has 0 heterocycles. The van der Waals surface area contributed by atoms with E-state index in [4.69, 9.17) is 4.74 Å². The smallest absolute Gasteiger partial charge is 0.408 e. The average Bonchev–Trinajstić information content (AvgIpc) is 1.98. The van der Waals surface area contributed by atoms with E-state index < -0.39 is 17.7 Å². The van der Waals surface area contributed by atoms with Crippen LogP contribution in [-0.2, 0) is 9.53 Å². The molecule has 0 aliphatic rings. The van der Waals surface area contributed by atoms with Crippen molar-refractivity contribution in [1.82, 2.24) is 5.32 Å². The molecule has 0 fully saturated rings. The fourth-order valence-corrected chi connectivity index (χ4v) is 1.06. The van der Waals surface area contributed by atoms with Gasteiger partial charge in [-0.2, -0.15) is 0 Å². The van der Waals surface area contributed by atoms with Crippen LogP contribution in [-0.4, -0.2) is 24.0 Å². The maximum Gasteiger partial charge on any atom is 0.408 e. The van der Waals surface area contributed by atoms with E-state index in [1.54, 1.807) is 27.1 Å². The Morgan fingerprint density at radius 3 is 2.27 bits per heavy atom. The second-order valence-corrected chi connectivity index (χ2v) is 4.95. The van der Waals surface area contributed by atoms with Crippen LogP contribution in [0.4, 0.5) is 4.79 Å². The zero-order chi connectivity index (χ0) is 12.1. The highest BCUT2D eigenvalue weighted by Crippen LogP contribution is 2.08. The maximum absolute atomic E-state index is 11.3. The number of alkyl carbamates (subject to hydrolysis) is 1. The van der Waals surface area contributed by atoms with Crippen LogP contribution in [0.25, 0.3) is 0 Å². The van der Waals surface area contributed by atoms with Crippen molar-refractivity contribution in [3.8, 4) is 0 Å². The van der Waals surface area contributed by atoms with Crippen LogP contribution in [0.3, 0.4) is 0 Å². The zero-order valence-corrected chi connectivity index (χ0v) is 10.1. The van der Waals surface area contributed by atoms with Gasteiger partial charge in [0.25, 0.3) is 0 Å². The normalized spacial score (nSPS) is 13.5. The van der Waals surface area contributed by atoms with E-state index in [2.05, 4.69) is 5.32 Å². The van der Waals surface area contributed by atoms with Crippen molar-refractivity contribution in [1.29, 1.82) is 0 Å². The van der Waals surface area contributed by atoms with Crippen molar-refractivity contribution in [2.24, 2.45) is 5.92 Å². The van der Waals surface area contributed by atoms with Gasteiger partial charge < -0.3 is 10.1 Å². The molecule has 15 heavy (non-hydrogen) atoms. The number of nitrogens with one attached hydrogen (secondary N) is 1. The van der Waals surface area contributed by atoms with Crippen molar-refractivity contribution in [2.45, 2.75) is 52.7 Å². The third-order valence-corrected chi connectivity index (χ3v) is 1.54. The predicted molar refractivity (Wildman–Crippen MR) is 58.3 cm³/mol. The molecule has 0 aromatic carbocycles. The van der Waals surface area contributed by atoms with Gasteiger partial charge in [0.1, 0.15) is 5.60 Å². The van der Waals surface area contributed by atoms with Crippen molar-refractivity contribution >= 4 is 12.4 Å². The molecule has 0 spiro atoms. The third kappa shape index (κ3) is 7.97. The first-order valence-corrected chi connectivity index (χ1v) is 5.12. The highest BCUT2D eigenvalue weighted by molar-refractivity contribution is 5.73. The first kappa shape index (κ1) is 13.9. The first-order valence-electron chi connectivity index (χ1n) is 5.12. The van der Waals surface area contributed by atoms with E-state index in [0.29, 0.717) is 12.3 Å². The molecule has 0 rings (SSSR count). The SMILES string of the molecule is CC(C)CC([C]=O)NC(=O)OC(C)(C)C. The second kappa shape index (κ2) is 5.73. The van der Waals surface area contributed by atoms with Gasteiger partial charge in [0.15, 0.2) is 0 Å². The van der Waals surface area contributed by atoms with Crippen LogP contribution >= 0.6 is 0 Å². The molecule has 4 nitrogen and oxygen atoms in total. The minimum atomic E-state index is -0.583. The lowest BCUT2D eigenvalue weighted by molar-refractivity contribution is 0.0513. The Balaban J connectivity index is 4.08. The highest BCUT2D eigenvalue weighted by Gasteiger charge is 2.19. The molecular weight excluding hydrogens is 194 g/mol. The van der Waals surface area contributed by atoms with Crippen LogP contribution < -0.4 is 5.32 Å². The molecule has 0 aliphatic carbocycles. The first-order chi connectivity index (χ1) is 6.74. The molecule has 0 aliphatic heterocycles. The van der Waals surface area contributed by atoms with E-state index in [9.17, 15) is 9.59 Å². The van der Waals surface area contributed by atoms with Gasteiger partial charge in [-0.1, -0.05) is 13.8 Å². The fraction of sp³-hybridized carbons (Fsp3) is 0.818. The Labute approximate surface area is 91.4 Å². The van der Waals surface area contributed by atoms with E-state index >= 15 is 0 Å². The average molecular weight is 214 g/mol. The molecule has 1 unspecified atom stereocenters. The molecule has 87 valence electrons. The Morgan fingerprint density at radius 1 is 1.40 bits per heavy atom. The van der Waals surface area contributed by atoms with Gasteiger partial charge in [-0.05, 0) is 33.1 Å². The third-order valence-electron chi connectivity index (χ3n) is 1.54. The van der Waals surface area contributed by atoms with E-state index in [1.807, 2.05) is 13.8 Å². The summed E-state index contributed by atoms with van der Waals surface area (Å²) in [5.41, 5.74) is -0.546. The summed E-state index contributed by atoms with van der Waals surface area (Å²) in [6.07, 6.45) is 1.79. The van der Waals surface area contributed by atoms with Gasteiger partial charge in [-0.25, -0.2) is 4.79 Å². The summed E-state index contributed by atoms with van der Waals surface area (Å²) >= 11 is 0. The topological polar surface area (TPSA) is 55.4 Å². The lowest BCUT2D eigenvalue weighted by Gasteiger charge is -2.21. The number of ether oxygens (including phenoxy) is 1. The molecule has 1 amide bonds. The molecule has 1 radical (unpaired) electrons. The van der Waals surface area contributed by atoms with E-state index in [0.717, 1.165) is 0 Å². The summed E-state index contributed by atoms with van der Waals surface area (Å²) in [4.78, 5) is 21.8. The van der Waals surface area contributed by atoms with Crippen LogP contribution in [0.5, 0.6) is 0 Å². The minimum Gasteiger partial charge on any atom is -0.444 e. The highest BCUT2D eigenvalue weighted by atomic mass is 16.6. The van der Waals surface area contributed by atoms with Gasteiger partial charge >= 0.3 is 6.09 Å². The summed E-state index contributed by atoms with van der Waals surface area (Å²) in [6.45, 7) is 9.26. The largest absolute Gasteiger partial charge is 0.444 e. The number of amides is 1. The summed E-state index contributed by atoms with van der Waals surface area (Å²) < 4.78 is 5.02. The number of hydrogen-bond acceptors (Lipinski definition) is 3. The van der Waals surface area contributed by atoms with Gasteiger partial charge in [-0.15, -0.1) is 0 Å². The number of rotatable bonds is 4. The maximum atomic E-state index is 11.3. The summed E-state index contributed by atoms with van der Waals surface area (Å²) in [7, 11) is 0. The number of carbonyl (C=O) groups is 1. The summed E-state index contributed by atoms with van der Waals surface area (Å²) in [5, 5.41) is 2.47. The molecule has 0 aromatic heterocycles. The summed E-state index contributed by atoms with van der Waals surface area (Å²) in [5.74, 6) is 0.325. The minimum absolute atomic E-state index is 0.325. The zero-order valence-electron chi connectivity index (χ0n) is 10.1. The fourth-order valence-electron chi connectivity index (χ4n) is 1.06. The number of hydrogen-bond donors (Lipinski definition) is 1. The van der Waals surface area contributed by atoms with Gasteiger partial charge in [-0.3, -0.25) is 4.79 Å². The summed E-state index contributed by atoms with van der Waals surface area (Å²) in [6, 6.07) is -0.583. The Kier molecular flexibility index (Phi) is 5.33. The van der Waals surface area contributed by atoms with E-state index in [1.165, 1.54) is 0 Å². The van der Waals surface area contributed by atoms with Gasteiger partial charge in [0.2, 0.25) is 6.29 Å².